The summed E-state index contributed by atoms with van der Waals surface area (Å²) in [4.78, 5) is 16.2. The zero-order chi connectivity index (χ0) is 20.1. The highest BCUT2D eigenvalue weighted by molar-refractivity contribution is 5.83. The van der Waals surface area contributed by atoms with E-state index in [0.29, 0.717) is 5.91 Å². The van der Waals surface area contributed by atoms with E-state index in [-0.39, 0.29) is 10.8 Å². The van der Waals surface area contributed by atoms with Gasteiger partial charge in [0.25, 0.3) is 0 Å². The summed E-state index contributed by atoms with van der Waals surface area (Å²) < 4.78 is 0. The molecule has 4 saturated carbocycles. The van der Waals surface area contributed by atoms with E-state index in [1.165, 1.54) is 43.2 Å². The van der Waals surface area contributed by atoms with Gasteiger partial charge in [0.15, 0.2) is 0 Å². The molecule has 0 spiro atoms. The molecular weight excluding hydrogens is 356 g/mol. The van der Waals surface area contributed by atoms with Gasteiger partial charge in [0.1, 0.15) is 0 Å². The third kappa shape index (κ3) is 3.44. The SMILES string of the molecule is CCNCC1CCN(C(=O)C23CC4CC(C2)CC(c2ccc(C)cc2)(C4)C3)CC1. The van der Waals surface area contributed by atoms with E-state index < -0.39 is 0 Å². The van der Waals surface area contributed by atoms with Gasteiger partial charge < -0.3 is 10.2 Å². The predicted molar refractivity (Wildman–Crippen MR) is 118 cm³/mol. The second-order valence-corrected chi connectivity index (χ2v) is 10.9. The van der Waals surface area contributed by atoms with Gasteiger partial charge in [0.05, 0.1) is 5.41 Å². The summed E-state index contributed by atoms with van der Waals surface area (Å²) in [7, 11) is 0. The van der Waals surface area contributed by atoms with Crippen molar-refractivity contribution in [2.45, 2.75) is 70.6 Å². The molecule has 29 heavy (non-hydrogen) atoms. The zero-order valence-electron chi connectivity index (χ0n) is 18.4. The highest BCUT2D eigenvalue weighted by Crippen LogP contribution is 2.66. The molecule has 0 aromatic heterocycles. The second-order valence-electron chi connectivity index (χ2n) is 10.9. The largest absolute Gasteiger partial charge is 0.342 e. The molecule has 158 valence electrons. The first-order valence-electron chi connectivity index (χ1n) is 12.1. The molecule has 6 rings (SSSR count). The molecular formula is C26H38N2O. The van der Waals surface area contributed by atoms with E-state index in [1.54, 1.807) is 0 Å². The maximum atomic E-state index is 13.9. The lowest BCUT2D eigenvalue weighted by Gasteiger charge is -2.62. The van der Waals surface area contributed by atoms with Crippen molar-refractivity contribution in [2.75, 3.05) is 26.2 Å². The average molecular weight is 395 g/mol. The van der Waals surface area contributed by atoms with E-state index in [0.717, 1.165) is 63.2 Å². The fourth-order valence-corrected chi connectivity index (χ4v) is 7.78. The van der Waals surface area contributed by atoms with Crippen molar-refractivity contribution in [2.24, 2.45) is 23.2 Å². The number of amides is 1. The fraction of sp³-hybridized carbons (Fsp3) is 0.731. The zero-order valence-corrected chi connectivity index (χ0v) is 18.4. The molecule has 1 heterocycles. The van der Waals surface area contributed by atoms with Crippen LogP contribution in [0.3, 0.4) is 0 Å². The van der Waals surface area contributed by atoms with Crippen molar-refractivity contribution < 1.29 is 4.79 Å². The molecule has 2 unspecified atom stereocenters. The van der Waals surface area contributed by atoms with Gasteiger partial charge >= 0.3 is 0 Å². The molecule has 5 fully saturated rings. The minimum atomic E-state index is -0.0660. The van der Waals surface area contributed by atoms with E-state index in [1.807, 2.05) is 0 Å². The fourth-order valence-electron chi connectivity index (χ4n) is 7.78. The predicted octanol–water partition coefficient (Wildman–Crippen LogP) is 4.68. The number of benzene rings is 1. The first-order chi connectivity index (χ1) is 14.0. The highest BCUT2D eigenvalue weighted by atomic mass is 16.2. The summed E-state index contributed by atoms with van der Waals surface area (Å²) >= 11 is 0. The number of likely N-dealkylation sites (tertiary alicyclic amines) is 1. The lowest BCUT2D eigenvalue weighted by atomic mass is 9.42. The Bertz CT molecular complexity index is 732. The molecule has 3 nitrogen and oxygen atoms in total. The average Bonchev–Trinajstić information content (AvgIpc) is 2.71. The van der Waals surface area contributed by atoms with Gasteiger partial charge in [-0.05, 0) is 100 Å². The topological polar surface area (TPSA) is 32.3 Å². The number of hydrogen-bond acceptors (Lipinski definition) is 2. The van der Waals surface area contributed by atoms with Crippen molar-refractivity contribution in [3.05, 3.63) is 35.4 Å². The number of carbonyl (C=O) groups is 1. The van der Waals surface area contributed by atoms with Crippen molar-refractivity contribution in [3.8, 4) is 0 Å². The van der Waals surface area contributed by atoms with Crippen molar-refractivity contribution in [1.29, 1.82) is 0 Å². The minimum Gasteiger partial charge on any atom is -0.342 e. The van der Waals surface area contributed by atoms with Crippen LogP contribution in [0.4, 0.5) is 0 Å². The van der Waals surface area contributed by atoms with Gasteiger partial charge in [-0.1, -0.05) is 36.8 Å². The maximum Gasteiger partial charge on any atom is 0.228 e. The Hall–Kier alpha value is -1.35. The molecule has 1 aromatic rings. The Labute approximate surface area is 176 Å². The van der Waals surface area contributed by atoms with Gasteiger partial charge in [-0.15, -0.1) is 0 Å². The van der Waals surface area contributed by atoms with Crippen LogP contribution >= 0.6 is 0 Å². The summed E-state index contributed by atoms with van der Waals surface area (Å²) in [6, 6.07) is 9.29. The molecule has 1 amide bonds. The molecule has 2 atom stereocenters. The molecule has 1 N–H and O–H groups in total. The number of rotatable bonds is 5. The van der Waals surface area contributed by atoms with Crippen LogP contribution in [0.15, 0.2) is 24.3 Å². The van der Waals surface area contributed by atoms with Crippen LogP contribution in [0.1, 0.15) is 69.4 Å². The first-order valence-corrected chi connectivity index (χ1v) is 12.1. The third-order valence-electron chi connectivity index (χ3n) is 8.76. The monoisotopic (exact) mass is 394 g/mol. The lowest BCUT2D eigenvalue weighted by molar-refractivity contribution is -0.161. The Morgan fingerprint density at radius 3 is 2.34 bits per heavy atom. The number of hydrogen-bond donors (Lipinski definition) is 1. The smallest absolute Gasteiger partial charge is 0.228 e. The lowest BCUT2D eigenvalue weighted by Crippen LogP contribution is -2.60. The third-order valence-corrected chi connectivity index (χ3v) is 8.76. The van der Waals surface area contributed by atoms with Gasteiger partial charge in [-0.3, -0.25) is 4.79 Å². The molecule has 1 aromatic carbocycles. The Morgan fingerprint density at radius 1 is 1.07 bits per heavy atom. The number of carbonyl (C=O) groups excluding carboxylic acids is 1. The highest BCUT2D eigenvalue weighted by Gasteiger charge is 2.61. The minimum absolute atomic E-state index is 0.0660. The van der Waals surface area contributed by atoms with E-state index in [4.69, 9.17) is 0 Å². The second kappa shape index (κ2) is 7.41. The van der Waals surface area contributed by atoms with Gasteiger partial charge in [-0.25, -0.2) is 0 Å². The molecule has 0 radical (unpaired) electrons. The van der Waals surface area contributed by atoms with Crippen molar-refractivity contribution in [1.82, 2.24) is 10.2 Å². The molecule has 4 bridgehead atoms. The number of aryl methyl sites for hydroxylation is 1. The Kier molecular flexibility index (Phi) is 5.01. The molecule has 5 aliphatic rings. The Balaban J connectivity index is 1.35. The molecule has 4 aliphatic carbocycles. The number of nitrogens with one attached hydrogen (secondary N) is 1. The van der Waals surface area contributed by atoms with Crippen molar-refractivity contribution >= 4 is 5.91 Å². The summed E-state index contributed by atoms with van der Waals surface area (Å²) in [6.45, 7) is 8.47. The van der Waals surface area contributed by atoms with Gasteiger partial charge in [0, 0.05) is 13.1 Å². The number of nitrogens with zero attached hydrogens (tertiary/aromatic N) is 1. The van der Waals surface area contributed by atoms with Crippen LogP contribution < -0.4 is 5.32 Å². The summed E-state index contributed by atoms with van der Waals surface area (Å²) in [5.41, 5.74) is 3.05. The molecule has 3 heteroatoms. The van der Waals surface area contributed by atoms with Gasteiger partial charge in [0.2, 0.25) is 5.91 Å². The summed E-state index contributed by atoms with van der Waals surface area (Å²) in [5.74, 6) is 2.78. The van der Waals surface area contributed by atoms with Crippen LogP contribution in [-0.4, -0.2) is 37.0 Å². The molecule has 1 saturated heterocycles. The standard InChI is InChI=1S/C26H38N2O/c1-3-27-17-20-8-10-28(11-9-20)24(29)26-15-21-12-22(16-26)14-25(13-21,18-26)23-6-4-19(2)5-7-23/h4-7,20-22,27H,3,8-18H2,1-2H3. The first kappa shape index (κ1) is 19.6. The van der Waals surface area contributed by atoms with E-state index in [2.05, 4.69) is 48.3 Å². The van der Waals surface area contributed by atoms with Crippen LogP contribution in [0, 0.1) is 30.1 Å². The molecule has 1 aliphatic heterocycles. The number of piperidine rings is 1. The normalized spacial score (nSPS) is 36.6. The van der Waals surface area contributed by atoms with E-state index >= 15 is 0 Å². The van der Waals surface area contributed by atoms with Crippen LogP contribution in [0.25, 0.3) is 0 Å². The van der Waals surface area contributed by atoms with Crippen LogP contribution in [-0.2, 0) is 10.2 Å². The summed E-state index contributed by atoms with van der Waals surface area (Å²) in [6.07, 6.45) is 9.76. The van der Waals surface area contributed by atoms with Crippen molar-refractivity contribution in [3.63, 3.8) is 0 Å². The van der Waals surface area contributed by atoms with Gasteiger partial charge in [-0.2, -0.15) is 0 Å². The van der Waals surface area contributed by atoms with E-state index in [9.17, 15) is 4.79 Å². The maximum absolute atomic E-state index is 13.9. The van der Waals surface area contributed by atoms with Crippen LogP contribution in [0.2, 0.25) is 0 Å². The van der Waals surface area contributed by atoms with Crippen LogP contribution in [0.5, 0.6) is 0 Å². The quantitative estimate of drug-likeness (QED) is 0.786. The Morgan fingerprint density at radius 2 is 1.72 bits per heavy atom. The summed E-state index contributed by atoms with van der Waals surface area (Å²) in [5, 5.41) is 3.49.